The Labute approximate surface area is 141 Å². The van der Waals surface area contributed by atoms with E-state index in [1.165, 1.54) is 13.2 Å². The fourth-order valence-electron chi connectivity index (χ4n) is 1.74. The molecule has 0 aromatic heterocycles. The van der Waals surface area contributed by atoms with Gasteiger partial charge in [-0.3, -0.25) is 10.1 Å². The van der Waals surface area contributed by atoms with Gasteiger partial charge in [0.25, 0.3) is 5.91 Å². The smallest absolute Gasteiger partial charge is 0.411 e. The van der Waals surface area contributed by atoms with E-state index in [2.05, 4.69) is 15.4 Å². The van der Waals surface area contributed by atoms with E-state index in [0.29, 0.717) is 11.4 Å². The van der Waals surface area contributed by atoms with E-state index in [-0.39, 0.29) is 15.6 Å². The first-order valence-corrected chi connectivity index (χ1v) is 7.07. The Hall–Kier alpha value is -2.31. The van der Waals surface area contributed by atoms with Gasteiger partial charge in [-0.15, -0.1) is 0 Å². The number of nitrogens with one attached hydrogen (secondary N) is 2. The number of ether oxygens (including phenoxy) is 1. The number of rotatable bonds is 3. The van der Waals surface area contributed by atoms with E-state index in [0.717, 1.165) is 12.1 Å². The Bertz CT molecular complexity index is 768. The number of anilines is 2. The summed E-state index contributed by atoms with van der Waals surface area (Å²) in [6.07, 6.45) is -0.642. The highest BCUT2D eigenvalue weighted by molar-refractivity contribution is 6.37. The van der Waals surface area contributed by atoms with Crippen molar-refractivity contribution in [1.82, 2.24) is 0 Å². The van der Waals surface area contributed by atoms with Gasteiger partial charge in [0.15, 0.2) is 0 Å². The van der Waals surface area contributed by atoms with Gasteiger partial charge in [0, 0.05) is 11.4 Å². The molecule has 2 aromatic carbocycles. The molecule has 0 saturated carbocycles. The van der Waals surface area contributed by atoms with Gasteiger partial charge in [0.2, 0.25) is 0 Å². The number of benzene rings is 2. The molecule has 0 aliphatic rings. The van der Waals surface area contributed by atoms with Crippen molar-refractivity contribution in [1.29, 1.82) is 0 Å². The van der Waals surface area contributed by atoms with Crippen molar-refractivity contribution >= 4 is 46.6 Å². The van der Waals surface area contributed by atoms with Crippen LogP contribution in [0.3, 0.4) is 0 Å². The fraction of sp³-hybridized carbons (Fsp3) is 0.0667. The summed E-state index contributed by atoms with van der Waals surface area (Å²) in [6, 6.07) is 8.45. The minimum Gasteiger partial charge on any atom is -0.453 e. The highest BCUT2D eigenvalue weighted by atomic mass is 35.5. The molecule has 0 saturated heterocycles. The number of carbonyl (C=O) groups excluding carboxylic acids is 2. The third-order valence-corrected chi connectivity index (χ3v) is 3.41. The molecule has 0 atom stereocenters. The van der Waals surface area contributed by atoms with E-state index < -0.39 is 17.8 Å². The Kier molecular flexibility index (Phi) is 5.41. The molecule has 0 aliphatic heterocycles. The lowest BCUT2D eigenvalue weighted by Gasteiger charge is -2.09. The van der Waals surface area contributed by atoms with Gasteiger partial charge in [-0.1, -0.05) is 29.3 Å². The largest absolute Gasteiger partial charge is 0.453 e. The maximum absolute atomic E-state index is 13.5. The quantitative estimate of drug-likeness (QED) is 0.792. The van der Waals surface area contributed by atoms with Crippen LogP contribution in [0.1, 0.15) is 10.4 Å². The summed E-state index contributed by atoms with van der Waals surface area (Å²) in [5, 5.41) is 4.86. The highest BCUT2D eigenvalue weighted by Gasteiger charge is 2.14. The second kappa shape index (κ2) is 7.30. The molecule has 120 valence electrons. The summed E-state index contributed by atoms with van der Waals surface area (Å²) in [6.45, 7) is 0. The summed E-state index contributed by atoms with van der Waals surface area (Å²) in [5.74, 6) is -1.36. The molecule has 0 unspecified atom stereocenters. The van der Waals surface area contributed by atoms with Crippen molar-refractivity contribution in [2.24, 2.45) is 0 Å². The SMILES string of the molecule is COC(=O)Nc1cccc(NC(=O)c2cc(F)c(Cl)cc2Cl)c1. The van der Waals surface area contributed by atoms with Gasteiger partial charge in [-0.25, -0.2) is 9.18 Å². The first kappa shape index (κ1) is 17.1. The standard InChI is InChI=1S/C15H11Cl2FN2O3/c1-23-15(22)20-9-4-2-3-8(5-9)19-14(21)10-6-13(18)12(17)7-11(10)16/h2-7H,1H3,(H,19,21)(H,20,22). The normalized spacial score (nSPS) is 10.1. The molecule has 0 fully saturated rings. The topological polar surface area (TPSA) is 67.4 Å². The predicted molar refractivity (Wildman–Crippen MR) is 86.8 cm³/mol. The lowest BCUT2D eigenvalue weighted by atomic mass is 10.2. The third-order valence-electron chi connectivity index (χ3n) is 2.81. The lowest BCUT2D eigenvalue weighted by Crippen LogP contribution is -2.14. The Balaban J connectivity index is 2.19. The zero-order valence-electron chi connectivity index (χ0n) is 11.8. The molecular formula is C15H11Cl2FN2O3. The van der Waals surface area contributed by atoms with Gasteiger partial charge in [0.1, 0.15) is 5.82 Å². The van der Waals surface area contributed by atoms with Crippen molar-refractivity contribution < 1.29 is 18.7 Å². The average Bonchev–Trinajstić information content (AvgIpc) is 2.51. The van der Waals surface area contributed by atoms with Gasteiger partial charge in [-0.2, -0.15) is 0 Å². The molecule has 0 aliphatic carbocycles. The minimum atomic E-state index is -0.748. The third kappa shape index (κ3) is 4.34. The highest BCUT2D eigenvalue weighted by Crippen LogP contribution is 2.25. The number of hydrogen-bond acceptors (Lipinski definition) is 3. The summed E-state index contributed by atoms with van der Waals surface area (Å²) in [7, 11) is 1.23. The average molecular weight is 357 g/mol. The van der Waals surface area contributed by atoms with Crippen molar-refractivity contribution in [3.8, 4) is 0 Å². The first-order valence-electron chi connectivity index (χ1n) is 6.31. The maximum atomic E-state index is 13.5. The summed E-state index contributed by atoms with van der Waals surface area (Å²) in [4.78, 5) is 23.3. The van der Waals surface area contributed by atoms with Gasteiger partial charge >= 0.3 is 6.09 Å². The van der Waals surface area contributed by atoms with Crippen LogP contribution < -0.4 is 10.6 Å². The zero-order valence-corrected chi connectivity index (χ0v) is 13.3. The number of hydrogen-bond donors (Lipinski definition) is 2. The van der Waals surface area contributed by atoms with E-state index in [1.807, 2.05) is 0 Å². The molecule has 5 nitrogen and oxygen atoms in total. The minimum absolute atomic E-state index is 0.0257. The van der Waals surface area contributed by atoms with Crippen LogP contribution in [0.5, 0.6) is 0 Å². The van der Waals surface area contributed by atoms with Crippen LogP contribution in [-0.4, -0.2) is 19.1 Å². The van der Waals surface area contributed by atoms with Crippen molar-refractivity contribution in [2.45, 2.75) is 0 Å². The number of halogens is 3. The van der Waals surface area contributed by atoms with E-state index in [9.17, 15) is 14.0 Å². The lowest BCUT2D eigenvalue weighted by molar-refractivity contribution is 0.102. The van der Waals surface area contributed by atoms with Crippen LogP contribution in [0, 0.1) is 5.82 Å². The van der Waals surface area contributed by atoms with E-state index in [4.69, 9.17) is 23.2 Å². The molecular weight excluding hydrogens is 346 g/mol. The van der Waals surface area contributed by atoms with Crippen LogP contribution in [0.15, 0.2) is 36.4 Å². The van der Waals surface area contributed by atoms with Crippen LogP contribution in [-0.2, 0) is 4.74 Å². The monoisotopic (exact) mass is 356 g/mol. The summed E-state index contributed by atoms with van der Waals surface area (Å²) in [5.41, 5.74) is 0.748. The molecule has 0 spiro atoms. The second-order valence-electron chi connectivity index (χ2n) is 4.40. The van der Waals surface area contributed by atoms with Crippen LogP contribution >= 0.6 is 23.2 Å². The van der Waals surface area contributed by atoms with Crippen molar-refractivity contribution in [3.05, 3.63) is 57.8 Å². The number of methoxy groups -OCH3 is 1. The summed E-state index contributed by atoms with van der Waals surface area (Å²) >= 11 is 11.5. The molecule has 23 heavy (non-hydrogen) atoms. The number of amides is 2. The second-order valence-corrected chi connectivity index (χ2v) is 5.21. The molecule has 0 radical (unpaired) electrons. The Morgan fingerprint density at radius 3 is 2.35 bits per heavy atom. The van der Waals surface area contributed by atoms with Crippen molar-refractivity contribution in [3.63, 3.8) is 0 Å². The number of carbonyl (C=O) groups is 2. The van der Waals surface area contributed by atoms with Crippen LogP contribution in [0.25, 0.3) is 0 Å². The van der Waals surface area contributed by atoms with Gasteiger partial charge in [-0.05, 0) is 30.3 Å². The van der Waals surface area contributed by atoms with Crippen LogP contribution in [0.4, 0.5) is 20.6 Å². The van der Waals surface area contributed by atoms with Crippen LogP contribution in [0.2, 0.25) is 10.0 Å². The van der Waals surface area contributed by atoms with E-state index in [1.54, 1.807) is 18.2 Å². The molecule has 2 N–H and O–H groups in total. The Morgan fingerprint density at radius 2 is 1.70 bits per heavy atom. The molecule has 8 heteroatoms. The zero-order chi connectivity index (χ0) is 17.0. The Morgan fingerprint density at radius 1 is 1.04 bits per heavy atom. The first-order chi connectivity index (χ1) is 10.9. The van der Waals surface area contributed by atoms with Crippen molar-refractivity contribution in [2.75, 3.05) is 17.7 Å². The molecule has 0 bridgehead atoms. The van der Waals surface area contributed by atoms with Gasteiger partial charge < -0.3 is 10.1 Å². The molecule has 2 amide bonds. The summed E-state index contributed by atoms with van der Waals surface area (Å²) < 4.78 is 17.9. The van der Waals surface area contributed by atoms with Gasteiger partial charge in [0.05, 0.1) is 22.7 Å². The van der Waals surface area contributed by atoms with E-state index >= 15 is 0 Å². The molecule has 2 aromatic rings. The predicted octanol–water partition coefficient (Wildman–Crippen LogP) is 4.56. The molecule has 2 rings (SSSR count). The maximum Gasteiger partial charge on any atom is 0.411 e. The molecule has 0 heterocycles. The fourth-order valence-corrected chi connectivity index (χ4v) is 2.21.